The van der Waals surface area contributed by atoms with Crippen LogP contribution in [0.3, 0.4) is 0 Å². The van der Waals surface area contributed by atoms with Gasteiger partial charge in [-0.1, -0.05) is 36.8 Å². The first-order valence-electron chi connectivity index (χ1n) is 8.80. The van der Waals surface area contributed by atoms with E-state index in [0.717, 1.165) is 30.4 Å². The molecule has 0 radical (unpaired) electrons. The summed E-state index contributed by atoms with van der Waals surface area (Å²) in [6.45, 7) is 1.95. The topological polar surface area (TPSA) is 60.7 Å². The Bertz CT molecular complexity index is 1020. The number of rotatable bonds is 4. The number of hydrogen-bond donors (Lipinski definition) is 0. The molecular weight excluding hydrogens is 328 g/mol. The third-order valence-corrected chi connectivity index (χ3v) is 5.15. The Hall–Kier alpha value is -2.95. The van der Waals surface area contributed by atoms with Crippen molar-refractivity contribution in [2.24, 2.45) is 0 Å². The van der Waals surface area contributed by atoms with Gasteiger partial charge in [-0.15, -0.1) is 0 Å². The first-order chi connectivity index (χ1) is 12.6. The van der Waals surface area contributed by atoms with E-state index >= 15 is 0 Å². The third-order valence-electron chi connectivity index (χ3n) is 5.15. The van der Waals surface area contributed by atoms with E-state index in [9.17, 15) is 9.59 Å². The second-order valence-corrected chi connectivity index (χ2v) is 6.90. The summed E-state index contributed by atoms with van der Waals surface area (Å²) in [4.78, 5) is 29.5. The number of ether oxygens (including phenoxy) is 1. The normalized spacial score (nSPS) is 15.4. The Labute approximate surface area is 151 Å². The van der Waals surface area contributed by atoms with Gasteiger partial charge in [-0.3, -0.25) is 14.0 Å². The lowest BCUT2D eigenvalue weighted by atomic mass is 9.64. The quantitative estimate of drug-likeness (QED) is 0.680. The third kappa shape index (κ3) is 2.79. The highest BCUT2D eigenvalue weighted by molar-refractivity contribution is 5.84. The zero-order valence-corrected chi connectivity index (χ0v) is 14.6. The maximum absolute atomic E-state index is 12.8. The number of aryl methyl sites for hydroxylation is 1. The smallest absolute Gasteiger partial charge is 0.316 e. The van der Waals surface area contributed by atoms with Gasteiger partial charge in [0.2, 0.25) is 0 Å². The summed E-state index contributed by atoms with van der Waals surface area (Å²) in [5.74, 6) is -0.235. The van der Waals surface area contributed by atoms with Crippen LogP contribution in [0.2, 0.25) is 0 Å². The fourth-order valence-electron chi connectivity index (χ4n) is 3.50. The second-order valence-electron chi connectivity index (χ2n) is 6.90. The summed E-state index contributed by atoms with van der Waals surface area (Å²) >= 11 is 0. The van der Waals surface area contributed by atoms with Crippen molar-refractivity contribution in [1.29, 1.82) is 0 Å². The van der Waals surface area contributed by atoms with Crippen LogP contribution in [0, 0.1) is 6.92 Å². The molecule has 0 saturated heterocycles. The van der Waals surface area contributed by atoms with Crippen molar-refractivity contribution < 1.29 is 9.53 Å². The van der Waals surface area contributed by atoms with Crippen LogP contribution in [0.4, 0.5) is 0 Å². The number of carbonyl (C=O) groups excluding carboxylic acids is 1. The van der Waals surface area contributed by atoms with Gasteiger partial charge in [0.1, 0.15) is 12.3 Å². The minimum Gasteiger partial charge on any atom is -0.458 e. The van der Waals surface area contributed by atoms with Crippen molar-refractivity contribution in [2.45, 2.75) is 38.2 Å². The molecule has 0 aliphatic heterocycles. The molecule has 1 aliphatic carbocycles. The van der Waals surface area contributed by atoms with Gasteiger partial charge < -0.3 is 4.74 Å². The van der Waals surface area contributed by atoms with E-state index in [-0.39, 0.29) is 18.1 Å². The van der Waals surface area contributed by atoms with Gasteiger partial charge in [0.15, 0.2) is 0 Å². The van der Waals surface area contributed by atoms with Crippen LogP contribution >= 0.6 is 0 Å². The zero-order chi connectivity index (χ0) is 18.1. The van der Waals surface area contributed by atoms with E-state index in [2.05, 4.69) is 4.98 Å². The lowest BCUT2D eigenvalue weighted by molar-refractivity contribution is -0.156. The first-order valence-corrected chi connectivity index (χ1v) is 8.80. The fraction of sp³-hybridized carbons (Fsp3) is 0.286. The van der Waals surface area contributed by atoms with E-state index in [4.69, 9.17) is 4.74 Å². The molecule has 0 unspecified atom stereocenters. The maximum atomic E-state index is 12.8. The summed E-state index contributed by atoms with van der Waals surface area (Å²) in [6.07, 6.45) is 4.30. The zero-order valence-electron chi connectivity index (χ0n) is 14.6. The summed E-state index contributed by atoms with van der Waals surface area (Å²) < 4.78 is 7.06. The van der Waals surface area contributed by atoms with Gasteiger partial charge in [-0.2, -0.15) is 0 Å². The summed E-state index contributed by atoms with van der Waals surface area (Å²) in [5.41, 5.74) is 2.31. The first kappa shape index (κ1) is 16.5. The molecule has 26 heavy (non-hydrogen) atoms. The predicted octanol–water partition coefficient (Wildman–Crippen LogP) is 3.17. The number of fused-ring (bicyclic) bond motifs is 1. The largest absolute Gasteiger partial charge is 0.458 e. The lowest BCUT2D eigenvalue weighted by Gasteiger charge is -2.39. The fourth-order valence-corrected chi connectivity index (χ4v) is 3.50. The average Bonchev–Trinajstić information content (AvgIpc) is 2.59. The van der Waals surface area contributed by atoms with Gasteiger partial charge in [0.05, 0.1) is 11.1 Å². The van der Waals surface area contributed by atoms with Crippen molar-refractivity contribution in [2.75, 3.05) is 0 Å². The highest BCUT2D eigenvalue weighted by atomic mass is 16.5. The van der Waals surface area contributed by atoms with Crippen molar-refractivity contribution >= 4 is 11.6 Å². The number of esters is 1. The van der Waals surface area contributed by atoms with Gasteiger partial charge in [0.25, 0.3) is 5.56 Å². The van der Waals surface area contributed by atoms with Gasteiger partial charge in [0, 0.05) is 12.3 Å². The summed E-state index contributed by atoms with van der Waals surface area (Å²) in [6, 6.07) is 14.9. The van der Waals surface area contributed by atoms with Crippen LogP contribution in [0.5, 0.6) is 0 Å². The van der Waals surface area contributed by atoms with E-state index in [0.29, 0.717) is 11.3 Å². The van der Waals surface area contributed by atoms with E-state index < -0.39 is 5.41 Å². The van der Waals surface area contributed by atoms with Crippen molar-refractivity contribution in [3.05, 3.63) is 81.9 Å². The molecular formula is C21H20N2O3. The van der Waals surface area contributed by atoms with E-state index in [1.807, 2.05) is 49.4 Å². The number of carbonyl (C=O) groups is 1. The molecule has 5 heteroatoms. The second kappa shape index (κ2) is 6.41. The number of hydrogen-bond acceptors (Lipinski definition) is 4. The molecule has 4 rings (SSSR count). The van der Waals surface area contributed by atoms with Crippen LogP contribution in [-0.4, -0.2) is 15.4 Å². The predicted molar refractivity (Wildman–Crippen MR) is 98.0 cm³/mol. The maximum Gasteiger partial charge on any atom is 0.316 e. The Kier molecular flexibility index (Phi) is 4.07. The lowest BCUT2D eigenvalue weighted by Crippen LogP contribution is -2.43. The Morgan fingerprint density at radius 3 is 2.65 bits per heavy atom. The molecule has 3 aromatic rings. The molecule has 0 N–H and O–H groups in total. The Morgan fingerprint density at radius 1 is 1.19 bits per heavy atom. The van der Waals surface area contributed by atoms with Crippen molar-refractivity contribution in [3.8, 4) is 0 Å². The molecule has 1 aliphatic rings. The average molecular weight is 348 g/mol. The van der Waals surface area contributed by atoms with E-state index in [1.54, 1.807) is 6.20 Å². The van der Waals surface area contributed by atoms with Crippen LogP contribution in [0.1, 0.15) is 36.1 Å². The molecule has 0 amide bonds. The molecule has 0 atom stereocenters. The highest BCUT2D eigenvalue weighted by Gasteiger charge is 2.47. The van der Waals surface area contributed by atoms with Crippen molar-refractivity contribution in [1.82, 2.24) is 9.38 Å². The monoisotopic (exact) mass is 348 g/mol. The molecule has 132 valence electrons. The number of nitrogens with zero attached hydrogens (tertiary/aromatic N) is 2. The number of pyridine rings is 1. The van der Waals surface area contributed by atoms with Crippen LogP contribution in [0.15, 0.2) is 59.5 Å². The molecule has 2 heterocycles. The van der Waals surface area contributed by atoms with Crippen LogP contribution in [-0.2, 0) is 21.6 Å². The molecule has 1 saturated carbocycles. The van der Waals surface area contributed by atoms with E-state index in [1.165, 1.54) is 10.5 Å². The van der Waals surface area contributed by atoms with Crippen LogP contribution < -0.4 is 5.56 Å². The summed E-state index contributed by atoms with van der Waals surface area (Å²) in [7, 11) is 0. The molecule has 0 bridgehead atoms. The van der Waals surface area contributed by atoms with Gasteiger partial charge in [-0.05, 0) is 43.0 Å². The summed E-state index contributed by atoms with van der Waals surface area (Å²) in [5, 5.41) is 0. The standard InChI is InChI=1S/C21H20N2O3/c1-15-8-11-23-18(12-15)22-17(13-19(23)24)14-26-20(25)21(9-5-10-21)16-6-3-2-4-7-16/h2-4,6-8,11-13H,5,9-10,14H2,1H3. The molecule has 2 aromatic heterocycles. The highest BCUT2D eigenvalue weighted by Crippen LogP contribution is 2.44. The Balaban J connectivity index is 1.56. The SMILES string of the molecule is Cc1ccn2c(=O)cc(COC(=O)C3(c4ccccc4)CCC3)nc2c1. The van der Waals surface area contributed by atoms with Gasteiger partial charge in [-0.25, -0.2) is 4.98 Å². The molecule has 1 fully saturated rings. The minimum absolute atomic E-state index is 0.00704. The number of aromatic nitrogens is 2. The molecule has 1 aromatic carbocycles. The molecule has 0 spiro atoms. The van der Waals surface area contributed by atoms with Crippen LogP contribution in [0.25, 0.3) is 5.65 Å². The van der Waals surface area contributed by atoms with Gasteiger partial charge >= 0.3 is 5.97 Å². The Morgan fingerprint density at radius 2 is 1.96 bits per heavy atom. The number of benzene rings is 1. The molecule has 5 nitrogen and oxygen atoms in total. The van der Waals surface area contributed by atoms with Crippen molar-refractivity contribution in [3.63, 3.8) is 0 Å². The minimum atomic E-state index is -0.552.